The molecule has 0 spiro atoms. The second-order valence-corrected chi connectivity index (χ2v) is 7.14. The van der Waals surface area contributed by atoms with Gasteiger partial charge in [0.25, 0.3) is 0 Å². The predicted molar refractivity (Wildman–Crippen MR) is 113 cm³/mol. The zero-order chi connectivity index (χ0) is 21.8. The number of ether oxygens (including phenoxy) is 3. The summed E-state index contributed by atoms with van der Waals surface area (Å²) in [5.41, 5.74) is 1.35. The third-order valence-corrected chi connectivity index (χ3v) is 5.35. The third kappa shape index (κ3) is 4.27. The van der Waals surface area contributed by atoms with Crippen LogP contribution in [0.2, 0.25) is 0 Å². The first kappa shape index (κ1) is 20.9. The Labute approximate surface area is 180 Å². The number of aromatic nitrogens is 2. The highest BCUT2D eigenvalue weighted by Gasteiger charge is 2.24. The molecule has 0 radical (unpaired) electrons. The molecule has 1 aliphatic rings. The minimum absolute atomic E-state index is 0.255. The fourth-order valence-electron chi connectivity index (χ4n) is 3.72. The smallest absolute Gasteiger partial charge is 0.324 e. The molecule has 1 aromatic heterocycles. The number of hydrogen-bond donors (Lipinski definition) is 0. The van der Waals surface area contributed by atoms with Crippen LogP contribution in [0, 0.1) is 5.82 Å². The first-order chi connectivity index (χ1) is 15.1. The van der Waals surface area contributed by atoms with Gasteiger partial charge >= 0.3 is 6.01 Å². The quantitative estimate of drug-likeness (QED) is 0.568. The minimum atomic E-state index is -0.372. The summed E-state index contributed by atoms with van der Waals surface area (Å²) in [7, 11) is 4.83. The van der Waals surface area contributed by atoms with Crippen LogP contribution in [0.1, 0.15) is 5.56 Å². The molecule has 9 heteroatoms. The zero-order valence-corrected chi connectivity index (χ0v) is 17.8. The maximum absolute atomic E-state index is 14.0. The molecule has 0 unspecified atom stereocenters. The van der Waals surface area contributed by atoms with Gasteiger partial charge in [0, 0.05) is 38.3 Å². The number of anilines is 1. The molecule has 4 rings (SSSR count). The van der Waals surface area contributed by atoms with Gasteiger partial charge in [0.2, 0.25) is 11.6 Å². The van der Waals surface area contributed by atoms with E-state index in [-0.39, 0.29) is 11.6 Å². The Morgan fingerprint density at radius 1 is 0.935 bits per heavy atom. The Bertz CT molecular complexity index is 1030. The van der Waals surface area contributed by atoms with Crippen molar-refractivity contribution in [2.24, 2.45) is 0 Å². The molecule has 0 atom stereocenters. The number of halogens is 1. The van der Waals surface area contributed by atoms with Gasteiger partial charge in [0.1, 0.15) is 5.82 Å². The highest BCUT2D eigenvalue weighted by atomic mass is 19.1. The Balaban J connectivity index is 1.42. The van der Waals surface area contributed by atoms with E-state index in [0.717, 1.165) is 18.7 Å². The van der Waals surface area contributed by atoms with Crippen LogP contribution in [0.25, 0.3) is 11.4 Å². The zero-order valence-electron chi connectivity index (χ0n) is 17.8. The maximum atomic E-state index is 14.0. The van der Waals surface area contributed by atoms with Crippen molar-refractivity contribution in [2.45, 2.75) is 6.54 Å². The van der Waals surface area contributed by atoms with Crippen LogP contribution in [-0.4, -0.2) is 62.5 Å². The molecule has 8 nitrogen and oxygen atoms in total. The van der Waals surface area contributed by atoms with Gasteiger partial charge in [-0.1, -0.05) is 23.4 Å². The number of methoxy groups -OCH3 is 3. The second-order valence-electron chi connectivity index (χ2n) is 7.14. The molecule has 31 heavy (non-hydrogen) atoms. The maximum Gasteiger partial charge on any atom is 0.324 e. The molecule has 0 N–H and O–H groups in total. The van der Waals surface area contributed by atoms with Gasteiger partial charge in [0.05, 0.1) is 26.9 Å². The fourth-order valence-corrected chi connectivity index (χ4v) is 3.72. The van der Waals surface area contributed by atoms with E-state index in [0.29, 0.717) is 48.5 Å². The summed E-state index contributed by atoms with van der Waals surface area (Å²) >= 11 is 0. The molecule has 0 saturated carbocycles. The van der Waals surface area contributed by atoms with Crippen LogP contribution in [0.3, 0.4) is 0 Å². The predicted octanol–water partition coefficient (Wildman–Crippen LogP) is 3.22. The molecule has 164 valence electrons. The van der Waals surface area contributed by atoms with Crippen molar-refractivity contribution in [3.63, 3.8) is 0 Å². The van der Waals surface area contributed by atoms with E-state index in [2.05, 4.69) is 15.0 Å². The van der Waals surface area contributed by atoms with E-state index in [1.807, 2.05) is 17.0 Å². The first-order valence-corrected chi connectivity index (χ1v) is 9.98. The molecular formula is C22H25FN4O4. The molecule has 1 aliphatic heterocycles. The average molecular weight is 428 g/mol. The molecule has 2 heterocycles. The van der Waals surface area contributed by atoms with Crippen LogP contribution < -0.4 is 19.1 Å². The summed E-state index contributed by atoms with van der Waals surface area (Å²) in [6.45, 7) is 3.74. The standard InChI is InChI=1S/C22H25FN4O4/c1-28-18-9-8-15(19(29-2)20(18)30-3)14-26-10-12-27(13-11-26)22-24-21(25-31-22)16-6-4-5-7-17(16)23/h4-9H,10-14H2,1-3H3. The van der Waals surface area contributed by atoms with Gasteiger partial charge in [-0.25, -0.2) is 4.39 Å². The molecule has 0 amide bonds. The lowest BCUT2D eigenvalue weighted by atomic mass is 10.1. The number of nitrogens with zero attached hydrogens (tertiary/aromatic N) is 4. The Morgan fingerprint density at radius 3 is 2.35 bits per heavy atom. The number of piperazine rings is 1. The lowest BCUT2D eigenvalue weighted by molar-refractivity contribution is 0.237. The van der Waals surface area contributed by atoms with E-state index < -0.39 is 0 Å². The largest absolute Gasteiger partial charge is 0.493 e. The van der Waals surface area contributed by atoms with Crippen molar-refractivity contribution in [2.75, 3.05) is 52.4 Å². The van der Waals surface area contributed by atoms with Crippen molar-refractivity contribution in [1.29, 1.82) is 0 Å². The third-order valence-electron chi connectivity index (χ3n) is 5.35. The van der Waals surface area contributed by atoms with Crippen LogP contribution >= 0.6 is 0 Å². The topological polar surface area (TPSA) is 73.1 Å². The van der Waals surface area contributed by atoms with Gasteiger partial charge in [-0.2, -0.15) is 4.98 Å². The van der Waals surface area contributed by atoms with Crippen LogP contribution in [0.4, 0.5) is 10.4 Å². The summed E-state index contributed by atoms with van der Waals surface area (Å²) in [6.07, 6.45) is 0. The molecule has 0 bridgehead atoms. The van der Waals surface area contributed by atoms with E-state index in [9.17, 15) is 4.39 Å². The number of hydrogen-bond acceptors (Lipinski definition) is 8. The highest BCUT2D eigenvalue weighted by Crippen LogP contribution is 2.40. The van der Waals surface area contributed by atoms with Gasteiger partial charge < -0.3 is 23.6 Å². The van der Waals surface area contributed by atoms with Crippen LogP contribution in [-0.2, 0) is 6.54 Å². The van der Waals surface area contributed by atoms with Gasteiger partial charge in [-0.05, 0) is 18.2 Å². The highest BCUT2D eigenvalue weighted by molar-refractivity contribution is 5.57. The molecule has 1 fully saturated rings. The van der Waals surface area contributed by atoms with Crippen molar-refractivity contribution in [3.8, 4) is 28.6 Å². The van der Waals surface area contributed by atoms with E-state index in [1.165, 1.54) is 6.07 Å². The van der Waals surface area contributed by atoms with Crippen LogP contribution in [0.15, 0.2) is 40.9 Å². The normalized spacial score (nSPS) is 14.5. The van der Waals surface area contributed by atoms with Gasteiger partial charge in [0.15, 0.2) is 11.5 Å². The molecular weight excluding hydrogens is 403 g/mol. The van der Waals surface area contributed by atoms with Crippen molar-refractivity contribution >= 4 is 6.01 Å². The SMILES string of the molecule is COc1ccc(CN2CCN(c3nc(-c4ccccc4F)no3)CC2)c(OC)c1OC. The summed E-state index contributed by atoms with van der Waals surface area (Å²) in [5.74, 6) is 1.78. The average Bonchev–Trinajstić information content (AvgIpc) is 3.29. The lowest BCUT2D eigenvalue weighted by Gasteiger charge is -2.33. The summed E-state index contributed by atoms with van der Waals surface area (Å²) in [6, 6.07) is 10.7. The van der Waals surface area contributed by atoms with E-state index in [1.54, 1.807) is 39.5 Å². The summed E-state index contributed by atoms with van der Waals surface area (Å²) in [5, 5.41) is 3.94. The van der Waals surface area contributed by atoms with E-state index in [4.69, 9.17) is 18.7 Å². The summed E-state index contributed by atoms with van der Waals surface area (Å²) in [4.78, 5) is 8.71. The second kappa shape index (κ2) is 9.22. The molecule has 2 aromatic carbocycles. The van der Waals surface area contributed by atoms with Crippen molar-refractivity contribution in [1.82, 2.24) is 15.0 Å². The monoisotopic (exact) mass is 428 g/mol. The lowest BCUT2D eigenvalue weighted by Crippen LogP contribution is -2.46. The fraction of sp³-hybridized carbons (Fsp3) is 0.364. The Kier molecular flexibility index (Phi) is 6.22. The Morgan fingerprint density at radius 2 is 1.68 bits per heavy atom. The summed E-state index contributed by atoms with van der Waals surface area (Å²) < 4.78 is 35.8. The van der Waals surface area contributed by atoms with Gasteiger partial charge in [-0.15, -0.1) is 0 Å². The molecule has 1 saturated heterocycles. The molecule has 0 aliphatic carbocycles. The number of rotatable bonds is 7. The van der Waals surface area contributed by atoms with Gasteiger partial charge in [-0.3, -0.25) is 4.90 Å². The van der Waals surface area contributed by atoms with Crippen molar-refractivity contribution < 1.29 is 23.1 Å². The Hall–Kier alpha value is -3.33. The van der Waals surface area contributed by atoms with Crippen LogP contribution in [0.5, 0.6) is 17.2 Å². The van der Waals surface area contributed by atoms with Crippen molar-refractivity contribution in [3.05, 3.63) is 47.8 Å². The van der Waals surface area contributed by atoms with E-state index >= 15 is 0 Å². The first-order valence-electron chi connectivity index (χ1n) is 9.98. The number of benzene rings is 2. The minimum Gasteiger partial charge on any atom is -0.493 e. The molecule has 3 aromatic rings.